The number of rotatable bonds is 5. The minimum Gasteiger partial charge on any atom is -0.482 e. The van der Waals surface area contributed by atoms with Crippen LogP contribution in [0.4, 0.5) is 0 Å². The summed E-state index contributed by atoms with van der Waals surface area (Å²) in [6, 6.07) is 4.93. The van der Waals surface area contributed by atoms with Crippen molar-refractivity contribution in [2.24, 2.45) is 5.92 Å². The number of nitrogens with zero attached hydrogens (tertiary/aromatic N) is 1. The molecular formula is C15H20Cl2N2O2. The summed E-state index contributed by atoms with van der Waals surface area (Å²) in [5.41, 5.74) is 0. The molecule has 116 valence electrons. The minimum absolute atomic E-state index is 0.0338. The van der Waals surface area contributed by atoms with E-state index in [0.717, 1.165) is 25.9 Å². The number of nitrogens with one attached hydrogen (secondary N) is 1. The van der Waals surface area contributed by atoms with Gasteiger partial charge in [0.25, 0.3) is 5.91 Å². The monoisotopic (exact) mass is 330 g/mol. The van der Waals surface area contributed by atoms with E-state index >= 15 is 0 Å². The third-order valence-electron chi connectivity index (χ3n) is 3.68. The van der Waals surface area contributed by atoms with Gasteiger partial charge in [0.05, 0.1) is 5.02 Å². The summed E-state index contributed by atoms with van der Waals surface area (Å²) in [7, 11) is 2.12. The maximum absolute atomic E-state index is 11.8. The largest absolute Gasteiger partial charge is 0.482 e. The van der Waals surface area contributed by atoms with Crippen LogP contribution in [0, 0.1) is 5.92 Å². The Kier molecular flexibility index (Phi) is 6.15. The molecule has 1 N–H and O–H groups in total. The third-order valence-corrected chi connectivity index (χ3v) is 4.21. The molecular weight excluding hydrogens is 311 g/mol. The smallest absolute Gasteiger partial charge is 0.257 e. The first-order valence-corrected chi connectivity index (χ1v) is 7.83. The Morgan fingerprint density at radius 1 is 1.38 bits per heavy atom. The topological polar surface area (TPSA) is 41.6 Å². The zero-order valence-corrected chi connectivity index (χ0v) is 13.6. The molecule has 1 fully saturated rings. The molecule has 1 heterocycles. The van der Waals surface area contributed by atoms with Crippen molar-refractivity contribution in [2.75, 3.05) is 33.3 Å². The van der Waals surface area contributed by atoms with Crippen LogP contribution in [-0.4, -0.2) is 44.1 Å². The molecule has 0 aliphatic carbocycles. The Balaban J connectivity index is 1.70. The number of hydrogen-bond donors (Lipinski definition) is 1. The Bertz CT molecular complexity index is 489. The summed E-state index contributed by atoms with van der Waals surface area (Å²) in [6.07, 6.45) is 2.25. The molecule has 4 nitrogen and oxygen atoms in total. The SMILES string of the molecule is CN1CCC(CNC(=O)COc2ccc(Cl)cc2Cl)CC1. The van der Waals surface area contributed by atoms with Crippen molar-refractivity contribution in [3.8, 4) is 5.75 Å². The second kappa shape index (κ2) is 7.87. The summed E-state index contributed by atoms with van der Waals surface area (Å²) >= 11 is 11.8. The molecule has 0 spiro atoms. The Labute approximate surface area is 135 Å². The highest BCUT2D eigenvalue weighted by molar-refractivity contribution is 6.35. The number of piperidine rings is 1. The van der Waals surface area contributed by atoms with Gasteiger partial charge in [0.2, 0.25) is 0 Å². The summed E-state index contributed by atoms with van der Waals surface area (Å²) < 4.78 is 5.40. The van der Waals surface area contributed by atoms with Crippen LogP contribution in [0.15, 0.2) is 18.2 Å². The maximum Gasteiger partial charge on any atom is 0.257 e. The van der Waals surface area contributed by atoms with Crippen LogP contribution >= 0.6 is 23.2 Å². The number of hydrogen-bond acceptors (Lipinski definition) is 3. The van der Waals surface area contributed by atoms with Crippen LogP contribution in [0.25, 0.3) is 0 Å². The van der Waals surface area contributed by atoms with Crippen molar-refractivity contribution in [1.82, 2.24) is 10.2 Å². The molecule has 1 saturated heterocycles. The number of ether oxygens (including phenoxy) is 1. The van der Waals surface area contributed by atoms with Crippen LogP contribution in [0.5, 0.6) is 5.75 Å². The fraction of sp³-hybridized carbons (Fsp3) is 0.533. The zero-order chi connectivity index (χ0) is 15.2. The van der Waals surface area contributed by atoms with Crippen molar-refractivity contribution in [3.63, 3.8) is 0 Å². The quantitative estimate of drug-likeness (QED) is 0.902. The molecule has 0 atom stereocenters. The van der Waals surface area contributed by atoms with Gasteiger partial charge in [-0.1, -0.05) is 23.2 Å². The Morgan fingerprint density at radius 2 is 2.10 bits per heavy atom. The highest BCUT2D eigenvalue weighted by Gasteiger charge is 2.17. The van der Waals surface area contributed by atoms with Gasteiger partial charge in [-0.25, -0.2) is 0 Å². The number of benzene rings is 1. The molecule has 6 heteroatoms. The van der Waals surface area contributed by atoms with Gasteiger partial charge >= 0.3 is 0 Å². The molecule has 0 unspecified atom stereocenters. The minimum atomic E-state index is -0.125. The lowest BCUT2D eigenvalue weighted by molar-refractivity contribution is -0.123. The second-order valence-corrected chi connectivity index (χ2v) is 6.26. The van der Waals surface area contributed by atoms with E-state index in [0.29, 0.717) is 28.3 Å². The number of likely N-dealkylation sites (tertiary alicyclic amines) is 1. The first-order valence-electron chi connectivity index (χ1n) is 7.07. The number of amides is 1. The second-order valence-electron chi connectivity index (χ2n) is 5.41. The van der Waals surface area contributed by atoms with E-state index in [4.69, 9.17) is 27.9 Å². The molecule has 0 radical (unpaired) electrons. The van der Waals surface area contributed by atoms with Gasteiger partial charge in [0, 0.05) is 11.6 Å². The van der Waals surface area contributed by atoms with Crippen LogP contribution in [0.3, 0.4) is 0 Å². The third kappa shape index (κ3) is 5.38. The van der Waals surface area contributed by atoms with E-state index in [1.807, 2.05) is 0 Å². The van der Waals surface area contributed by atoms with Gasteiger partial charge in [0.15, 0.2) is 6.61 Å². The van der Waals surface area contributed by atoms with Crippen LogP contribution in [0.1, 0.15) is 12.8 Å². The van der Waals surface area contributed by atoms with Gasteiger partial charge in [-0.2, -0.15) is 0 Å². The highest BCUT2D eigenvalue weighted by Crippen LogP contribution is 2.27. The molecule has 1 aromatic rings. The van der Waals surface area contributed by atoms with Gasteiger partial charge in [-0.3, -0.25) is 4.79 Å². The van der Waals surface area contributed by atoms with Crippen molar-refractivity contribution in [1.29, 1.82) is 0 Å². The van der Waals surface area contributed by atoms with Crippen LogP contribution < -0.4 is 10.1 Å². The lowest BCUT2D eigenvalue weighted by atomic mass is 9.97. The highest BCUT2D eigenvalue weighted by atomic mass is 35.5. The Morgan fingerprint density at radius 3 is 2.76 bits per heavy atom. The number of carbonyl (C=O) groups excluding carboxylic acids is 1. The molecule has 1 aromatic carbocycles. The van der Waals surface area contributed by atoms with Gasteiger partial charge in [-0.05, 0) is 57.1 Å². The predicted octanol–water partition coefficient (Wildman–Crippen LogP) is 2.83. The van der Waals surface area contributed by atoms with E-state index < -0.39 is 0 Å². The maximum atomic E-state index is 11.8. The van der Waals surface area contributed by atoms with Gasteiger partial charge < -0.3 is 15.0 Å². The molecule has 1 amide bonds. The number of carbonyl (C=O) groups is 1. The van der Waals surface area contributed by atoms with Crippen molar-refractivity contribution in [3.05, 3.63) is 28.2 Å². The number of halogens is 2. The van der Waals surface area contributed by atoms with Crippen molar-refractivity contribution in [2.45, 2.75) is 12.8 Å². The predicted molar refractivity (Wildman–Crippen MR) is 85.2 cm³/mol. The standard InChI is InChI=1S/C15H20Cl2N2O2/c1-19-6-4-11(5-7-19)9-18-15(20)10-21-14-3-2-12(16)8-13(14)17/h2-3,8,11H,4-7,9-10H2,1H3,(H,18,20). The van der Waals surface area contributed by atoms with Crippen molar-refractivity contribution >= 4 is 29.1 Å². The molecule has 0 saturated carbocycles. The lowest BCUT2D eigenvalue weighted by Crippen LogP contribution is -2.38. The molecule has 2 rings (SSSR count). The van der Waals surface area contributed by atoms with E-state index in [-0.39, 0.29) is 12.5 Å². The Hall–Kier alpha value is -0.970. The molecule has 21 heavy (non-hydrogen) atoms. The average Bonchev–Trinajstić information content (AvgIpc) is 2.46. The molecule has 0 aromatic heterocycles. The molecule has 1 aliphatic rings. The summed E-state index contributed by atoms with van der Waals surface area (Å²) in [4.78, 5) is 14.1. The molecule has 1 aliphatic heterocycles. The first-order chi connectivity index (χ1) is 10.0. The van der Waals surface area contributed by atoms with Crippen LogP contribution in [-0.2, 0) is 4.79 Å². The summed E-state index contributed by atoms with van der Waals surface area (Å²) in [5.74, 6) is 0.903. The van der Waals surface area contributed by atoms with E-state index in [1.54, 1.807) is 18.2 Å². The normalized spacial score (nSPS) is 16.7. The lowest BCUT2D eigenvalue weighted by Gasteiger charge is -2.28. The average molecular weight is 331 g/mol. The molecule has 0 bridgehead atoms. The summed E-state index contributed by atoms with van der Waals surface area (Å²) in [6.45, 7) is 2.87. The van der Waals surface area contributed by atoms with Gasteiger partial charge in [-0.15, -0.1) is 0 Å². The van der Waals surface area contributed by atoms with E-state index in [9.17, 15) is 4.79 Å². The zero-order valence-electron chi connectivity index (χ0n) is 12.1. The van der Waals surface area contributed by atoms with Gasteiger partial charge in [0.1, 0.15) is 5.75 Å². The van der Waals surface area contributed by atoms with Crippen molar-refractivity contribution < 1.29 is 9.53 Å². The van der Waals surface area contributed by atoms with E-state index in [1.165, 1.54) is 0 Å². The summed E-state index contributed by atoms with van der Waals surface area (Å²) in [5, 5.41) is 3.87. The van der Waals surface area contributed by atoms with Crippen LogP contribution in [0.2, 0.25) is 10.0 Å². The van der Waals surface area contributed by atoms with E-state index in [2.05, 4.69) is 17.3 Å². The first kappa shape index (κ1) is 16.4. The fourth-order valence-electron chi connectivity index (χ4n) is 2.31. The fourth-order valence-corrected chi connectivity index (χ4v) is 2.77.